The summed E-state index contributed by atoms with van der Waals surface area (Å²) in [4.78, 5) is 16.3. The van der Waals surface area contributed by atoms with E-state index in [2.05, 4.69) is 10.3 Å². The minimum atomic E-state index is -0.533. The molecule has 2 N–H and O–H groups in total. The molecule has 0 saturated heterocycles. The number of phenolic OH excluding ortho intramolecular Hbond substituents is 1. The van der Waals surface area contributed by atoms with Crippen LogP contribution in [0.3, 0.4) is 0 Å². The Bertz CT molecular complexity index is 850. The zero-order chi connectivity index (χ0) is 15.0. The van der Waals surface area contributed by atoms with Crippen LogP contribution in [0.2, 0.25) is 5.02 Å². The van der Waals surface area contributed by atoms with Crippen LogP contribution in [0.5, 0.6) is 5.75 Å². The zero-order valence-corrected chi connectivity index (χ0v) is 12.0. The van der Waals surface area contributed by atoms with Crippen molar-refractivity contribution >= 4 is 44.2 Å². The second-order valence-corrected chi connectivity index (χ2v) is 5.71. The number of hydrogen-bond donors (Lipinski definition) is 2. The van der Waals surface area contributed by atoms with Gasteiger partial charge < -0.3 is 5.11 Å². The highest BCUT2D eigenvalue weighted by Gasteiger charge is 2.14. The molecule has 2 aromatic carbocycles. The van der Waals surface area contributed by atoms with Gasteiger partial charge in [-0.25, -0.2) is 9.37 Å². The summed E-state index contributed by atoms with van der Waals surface area (Å²) >= 11 is 6.95. The smallest absolute Gasteiger partial charge is 0.261 e. The number of phenols is 1. The molecule has 1 aromatic heterocycles. The van der Waals surface area contributed by atoms with Crippen LogP contribution < -0.4 is 5.32 Å². The van der Waals surface area contributed by atoms with E-state index in [1.54, 1.807) is 0 Å². The van der Waals surface area contributed by atoms with E-state index in [9.17, 15) is 14.3 Å². The monoisotopic (exact) mass is 322 g/mol. The summed E-state index contributed by atoms with van der Waals surface area (Å²) in [5, 5.41) is 12.9. The Balaban J connectivity index is 1.90. The molecular weight excluding hydrogens is 315 g/mol. The zero-order valence-electron chi connectivity index (χ0n) is 10.4. The number of hydrogen-bond acceptors (Lipinski definition) is 4. The van der Waals surface area contributed by atoms with Gasteiger partial charge in [0, 0.05) is 5.02 Å². The van der Waals surface area contributed by atoms with Gasteiger partial charge >= 0.3 is 0 Å². The fourth-order valence-electron chi connectivity index (χ4n) is 1.81. The Morgan fingerprint density at radius 2 is 2.10 bits per heavy atom. The van der Waals surface area contributed by atoms with Gasteiger partial charge in [0.05, 0.1) is 15.8 Å². The highest BCUT2D eigenvalue weighted by atomic mass is 35.5. The molecule has 4 nitrogen and oxygen atoms in total. The summed E-state index contributed by atoms with van der Waals surface area (Å²) in [5.74, 6) is -1.07. The average Bonchev–Trinajstić information content (AvgIpc) is 2.82. The molecule has 0 fully saturated rings. The van der Waals surface area contributed by atoms with Gasteiger partial charge in [0.25, 0.3) is 5.91 Å². The first-order chi connectivity index (χ1) is 10.0. The number of aromatic nitrogens is 1. The Morgan fingerprint density at radius 1 is 1.29 bits per heavy atom. The van der Waals surface area contributed by atoms with Crippen LogP contribution in [-0.4, -0.2) is 16.0 Å². The summed E-state index contributed by atoms with van der Waals surface area (Å²) in [6.07, 6.45) is 0. The van der Waals surface area contributed by atoms with Crippen molar-refractivity contribution in [3.8, 4) is 5.75 Å². The number of rotatable bonds is 2. The van der Waals surface area contributed by atoms with Crippen molar-refractivity contribution in [3.05, 3.63) is 52.8 Å². The van der Waals surface area contributed by atoms with Gasteiger partial charge in [0.15, 0.2) is 5.13 Å². The molecule has 0 atom stereocenters. The predicted molar refractivity (Wildman–Crippen MR) is 80.6 cm³/mol. The van der Waals surface area contributed by atoms with Crippen LogP contribution in [0.4, 0.5) is 9.52 Å². The molecule has 0 aliphatic heterocycles. The highest BCUT2D eigenvalue weighted by Crippen LogP contribution is 2.28. The number of anilines is 1. The van der Waals surface area contributed by atoms with Gasteiger partial charge in [-0.05, 0) is 36.4 Å². The first-order valence-electron chi connectivity index (χ1n) is 5.89. The minimum Gasteiger partial charge on any atom is -0.507 e. The van der Waals surface area contributed by atoms with Crippen molar-refractivity contribution in [1.82, 2.24) is 4.98 Å². The van der Waals surface area contributed by atoms with E-state index in [0.717, 1.165) is 11.3 Å². The Labute approximate surface area is 127 Å². The Hall–Kier alpha value is -2.18. The first kappa shape index (κ1) is 13.8. The van der Waals surface area contributed by atoms with E-state index in [0.29, 0.717) is 20.4 Å². The van der Waals surface area contributed by atoms with Crippen LogP contribution in [0.15, 0.2) is 36.4 Å². The number of nitrogens with zero attached hydrogens (tertiary/aromatic N) is 1. The molecule has 0 aliphatic carbocycles. The molecule has 3 rings (SSSR count). The number of carbonyl (C=O) groups excluding carboxylic acids is 1. The second kappa shape index (κ2) is 5.31. The van der Waals surface area contributed by atoms with E-state index >= 15 is 0 Å². The maximum Gasteiger partial charge on any atom is 0.261 e. The molecule has 0 unspecified atom stereocenters. The predicted octanol–water partition coefficient (Wildman–Crippen LogP) is 4.05. The van der Waals surface area contributed by atoms with Crippen LogP contribution in [0.25, 0.3) is 10.2 Å². The van der Waals surface area contributed by atoms with Gasteiger partial charge in [-0.1, -0.05) is 22.9 Å². The van der Waals surface area contributed by atoms with Crippen molar-refractivity contribution in [2.75, 3.05) is 5.32 Å². The molecule has 1 amide bonds. The maximum atomic E-state index is 13.1. The van der Waals surface area contributed by atoms with E-state index in [4.69, 9.17) is 11.6 Å². The number of carbonyl (C=O) groups is 1. The van der Waals surface area contributed by atoms with E-state index < -0.39 is 5.91 Å². The second-order valence-electron chi connectivity index (χ2n) is 4.25. The van der Waals surface area contributed by atoms with Crippen molar-refractivity contribution in [2.24, 2.45) is 0 Å². The lowest BCUT2D eigenvalue weighted by molar-refractivity contribution is 0.102. The van der Waals surface area contributed by atoms with Crippen molar-refractivity contribution in [2.45, 2.75) is 0 Å². The summed E-state index contributed by atoms with van der Waals surface area (Å²) in [6, 6.07) is 8.36. The van der Waals surface area contributed by atoms with Gasteiger partial charge in [-0.3, -0.25) is 10.1 Å². The fourth-order valence-corrected chi connectivity index (χ4v) is 2.86. The van der Waals surface area contributed by atoms with Gasteiger partial charge in [0.2, 0.25) is 0 Å². The molecule has 3 aromatic rings. The molecule has 0 radical (unpaired) electrons. The highest BCUT2D eigenvalue weighted by molar-refractivity contribution is 7.22. The van der Waals surface area contributed by atoms with Gasteiger partial charge in [-0.2, -0.15) is 0 Å². The SMILES string of the molecule is O=C(Nc1nc2ccc(F)cc2s1)c1cc(Cl)ccc1O. The molecular formula is C14H8ClFN2O2S. The van der Waals surface area contributed by atoms with Crippen molar-refractivity contribution in [1.29, 1.82) is 0 Å². The molecule has 0 spiro atoms. The summed E-state index contributed by atoms with van der Waals surface area (Å²) in [6.45, 7) is 0. The third-order valence-corrected chi connectivity index (χ3v) is 3.94. The van der Waals surface area contributed by atoms with Crippen LogP contribution >= 0.6 is 22.9 Å². The van der Waals surface area contributed by atoms with Crippen molar-refractivity contribution < 1.29 is 14.3 Å². The first-order valence-corrected chi connectivity index (χ1v) is 7.08. The number of benzene rings is 2. The molecule has 0 aliphatic rings. The standard InChI is InChI=1S/C14H8ClFN2O2S/c15-7-1-4-11(19)9(5-7)13(20)18-14-17-10-3-2-8(16)6-12(10)21-14/h1-6,19H,(H,17,18,20). The Morgan fingerprint density at radius 3 is 2.90 bits per heavy atom. The molecule has 106 valence electrons. The minimum absolute atomic E-state index is 0.0490. The Kier molecular flexibility index (Phi) is 3.48. The lowest BCUT2D eigenvalue weighted by Gasteiger charge is -2.04. The third kappa shape index (κ3) is 2.81. The number of thiazole rings is 1. The molecule has 21 heavy (non-hydrogen) atoms. The molecule has 7 heteroatoms. The number of halogens is 2. The fraction of sp³-hybridized carbons (Fsp3) is 0. The van der Waals surface area contributed by atoms with Gasteiger partial charge in [0.1, 0.15) is 11.6 Å². The molecule has 0 saturated carbocycles. The van der Waals surface area contributed by atoms with E-state index in [1.807, 2.05) is 0 Å². The third-order valence-electron chi connectivity index (χ3n) is 2.77. The lowest BCUT2D eigenvalue weighted by atomic mass is 10.2. The molecule has 0 bridgehead atoms. The number of nitrogens with one attached hydrogen (secondary N) is 1. The molecule has 1 heterocycles. The summed E-state index contributed by atoms with van der Waals surface area (Å²) in [7, 11) is 0. The van der Waals surface area contributed by atoms with Crippen molar-refractivity contribution in [3.63, 3.8) is 0 Å². The van der Waals surface area contributed by atoms with Crippen LogP contribution in [-0.2, 0) is 0 Å². The van der Waals surface area contributed by atoms with E-state index in [1.165, 1.54) is 36.4 Å². The van der Waals surface area contributed by atoms with E-state index in [-0.39, 0.29) is 17.1 Å². The average molecular weight is 323 g/mol. The lowest BCUT2D eigenvalue weighted by Crippen LogP contribution is -2.11. The quantitative estimate of drug-likeness (QED) is 0.748. The topological polar surface area (TPSA) is 62.2 Å². The summed E-state index contributed by atoms with van der Waals surface area (Å²) in [5.41, 5.74) is 0.639. The maximum absolute atomic E-state index is 13.1. The largest absolute Gasteiger partial charge is 0.507 e. The number of amides is 1. The number of fused-ring (bicyclic) bond motifs is 1. The van der Waals surface area contributed by atoms with Gasteiger partial charge in [-0.15, -0.1) is 0 Å². The van der Waals surface area contributed by atoms with Crippen LogP contribution in [0.1, 0.15) is 10.4 Å². The number of aromatic hydroxyl groups is 1. The van der Waals surface area contributed by atoms with Crippen LogP contribution in [0, 0.1) is 5.82 Å². The summed E-state index contributed by atoms with van der Waals surface area (Å²) < 4.78 is 13.7. The normalized spacial score (nSPS) is 10.8.